The molecule has 88 valence electrons. The molecule has 0 saturated carbocycles. The molecule has 0 aromatic carbocycles. The molecule has 0 radical (unpaired) electrons. The molecule has 0 aromatic heterocycles. The second-order valence-corrected chi connectivity index (χ2v) is 4.64. The molecule has 1 heterocycles. The van der Waals surface area contributed by atoms with Crippen LogP contribution in [0.3, 0.4) is 0 Å². The Kier molecular flexibility index (Phi) is 5.29. The van der Waals surface area contributed by atoms with Crippen molar-refractivity contribution >= 4 is 0 Å². The molecule has 1 rings (SSSR count). The van der Waals surface area contributed by atoms with Gasteiger partial charge in [0.25, 0.3) is 0 Å². The topological polar surface area (TPSA) is 38.5 Å². The van der Waals surface area contributed by atoms with Gasteiger partial charge >= 0.3 is 0 Å². The van der Waals surface area contributed by atoms with E-state index >= 15 is 0 Å². The number of allylic oxidation sites excluding steroid dienone is 1. The van der Waals surface area contributed by atoms with Crippen LogP contribution in [0.4, 0.5) is 0 Å². The minimum atomic E-state index is -0.0266. The molecule has 0 atom stereocenters. The Morgan fingerprint density at radius 2 is 2.13 bits per heavy atom. The SMILES string of the molecule is C=CCCCN(C)CC1(N)CCOCC1. The van der Waals surface area contributed by atoms with E-state index in [-0.39, 0.29) is 5.54 Å². The van der Waals surface area contributed by atoms with Crippen LogP contribution in [0.5, 0.6) is 0 Å². The quantitative estimate of drug-likeness (QED) is 0.534. The summed E-state index contributed by atoms with van der Waals surface area (Å²) in [4.78, 5) is 2.33. The number of nitrogens with two attached hydrogens (primary N) is 1. The predicted octanol–water partition coefficient (Wildman–Crippen LogP) is 1.39. The first-order valence-electron chi connectivity index (χ1n) is 5.82. The first-order valence-corrected chi connectivity index (χ1v) is 5.82. The van der Waals surface area contributed by atoms with E-state index in [1.165, 1.54) is 6.42 Å². The summed E-state index contributed by atoms with van der Waals surface area (Å²) in [6.45, 7) is 7.44. The molecule has 0 bridgehead atoms. The Morgan fingerprint density at radius 1 is 1.47 bits per heavy atom. The van der Waals surface area contributed by atoms with Crippen LogP contribution in [0.15, 0.2) is 12.7 Å². The highest BCUT2D eigenvalue weighted by molar-refractivity contribution is 4.89. The number of rotatable bonds is 6. The van der Waals surface area contributed by atoms with Crippen LogP contribution in [-0.2, 0) is 4.74 Å². The predicted molar refractivity (Wildman–Crippen MR) is 63.9 cm³/mol. The van der Waals surface area contributed by atoms with E-state index in [2.05, 4.69) is 18.5 Å². The van der Waals surface area contributed by atoms with Gasteiger partial charge in [0.05, 0.1) is 0 Å². The van der Waals surface area contributed by atoms with Gasteiger partial charge < -0.3 is 15.4 Å². The highest BCUT2D eigenvalue weighted by atomic mass is 16.5. The molecule has 0 amide bonds. The zero-order chi connectivity index (χ0) is 11.1. The van der Waals surface area contributed by atoms with Gasteiger partial charge in [-0.1, -0.05) is 6.08 Å². The van der Waals surface area contributed by atoms with Crippen LogP contribution in [0.25, 0.3) is 0 Å². The summed E-state index contributed by atoms with van der Waals surface area (Å²) in [5.41, 5.74) is 6.30. The van der Waals surface area contributed by atoms with Crippen molar-refractivity contribution in [3.8, 4) is 0 Å². The maximum absolute atomic E-state index is 6.32. The van der Waals surface area contributed by atoms with Crippen molar-refractivity contribution in [2.24, 2.45) is 5.73 Å². The average Bonchev–Trinajstić information content (AvgIpc) is 2.18. The maximum atomic E-state index is 6.32. The molecule has 15 heavy (non-hydrogen) atoms. The lowest BCUT2D eigenvalue weighted by Crippen LogP contribution is -2.52. The number of likely N-dealkylation sites (N-methyl/N-ethyl adjacent to an activating group) is 1. The van der Waals surface area contributed by atoms with Crippen molar-refractivity contribution in [3.63, 3.8) is 0 Å². The minimum absolute atomic E-state index is 0.0266. The van der Waals surface area contributed by atoms with Gasteiger partial charge in [0, 0.05) is 25.3 Å². The number of hydrogen-bond acceptors (Lipinski definition) is 3. The maximum Gasteiger partial charge on any atom is 0.0484 e. The van der Waals surface area contributed by atoms with E-state index in [1.807, 2.05) is 6.08 Å². The van der Waals surface area contributed by atoms with Crippen molar-refractivity contribution in [1.82, 2.24) is 4.90 Å². The lowest BCUT2D eigenvalue weighted by molar-refractivity contribution is 0.0410. The zero-order valence-corrected chi connectivity index (χ0v) is 9.87. The van der Waals surface area contributed by atoms with Crippen LogP contribution in [0.1, 0.15) is 25.7 Å². The Labute approximate surface area is 93.3 Å². The third-order valence-corrected chi connectivity index (χ3v) is 3.02. The fourth-order valence-electron chi connectivity index (χ4n) is 2.06. The summed E-state index contributed by atoms with van der Waals surface area (Å²) in [7, 11) is 2.15. The first kappa shape index (κ1) is 12.7. The van der Waals surface area contributed by atoms with Gasteiger partial charge in [-0.15, -0.1) is 6.58 Å². The molecule has 1 saturated heterocycles. The lowest BCUT2D eigenvalue weighted by atomic mass is 9.91. The van der Waals surface area contributed by atoms with Crippen LogP contribution in [-0.4, -0.2) is 43.8 Å². The molecule has 3 nitrogen and oxygen atoms in total. The number of nitrogens with zero attached hydrogens (tertiary/aromatic N) is 1. The minimum Gasteiger partial charge on any atom is -0.381 e. The summed E-state index contributed by atoms with van der Waals surface area (Å²) in [6, 6.07) is 0. The molecule has 3 heteroatoms. The van der Waals surface area contributed by atoms with Gasteiger partial charge in [0.1, 0.15) is 0 Å². The fraction of sp³-hybridized carbons (Fsp3) is 0.833. The molecule has 1 aliphatic heterocycles. The van der Waals surface area contributed by atoms with Crippen LogP contribution in [0, 0.1) is 0 Å². The Balaban J connectivity index is 2.22. The second kappa shape index (κ2) is 6.26. The molecule has 0 spiro atoms. The van der Waals surface area contributed by atoms with E-state index in [4.69, 9.17) is 10.5 Å². The van der Waals surface area contributed by atoms with E-state index in [1.54, 1.807) is 0 Å². The van der Waals surface area contributed by atoms with E-state index in [0.717, 1.165) is 45.6 Å². The van der Waals surface area contributed by atoms with Crippen molar-refractivity contribution < 1.29 is 4.74 Å². The fourth-order valence-corrected chi connectivity index (χ4v) is 2.06. The van der Waals surface area contributed by atoms with Crippen LogP contribution < -0.4 is 5.73 Å². The molecule has 1 aliphatic rings. The smallest absolute Gasteiger partial charge is 0.0484 e. The van der Waals surface area contributed by atoms with Crippen molar-refractivity contribution in [2.75, 3.05) is 33.4 Å². The molecular formula is C12H24N2O. The van der Waals surface area contributed by atoms with Crippen molar-refractivity contribution in [2.45, 2.75) is 31.2 Å². The van der Waals surface area contributed by atoms with Gasteiger partial charge in [-0.3, -0.25) is 0 Å². The zero-order valence-electron chi connectivity index (χ0n) is 9.87. The number of hydrogen-bond donors (Lipinski definition) is 1. The molecular weight excluding hydrogens is 188 g/mol. The molecule has 2 N–H and O–H groups in total. The monoisotopic (exact) mass is 212 g/mol. The van der Waals surface area contributed by atoms with Crippen molar-refractivity contribution in [3.05, 3.63) is 12.7 Å². The van der Waals surface area contributed by atoms with Crippen LogP contribution in [0.2, 0.25) is 0 Å². The molecule has 0 unspecified atom stereocenters. The standard InChI is InChI=1S/C12H24N2O/c1-3-4-5-8-14(2)11-12(13)6-9-15-10-7-12/h3H,1,4-11,13H2,2H3. The lowest BCUT2D eigenvalue weighted by Gasteiger charge is -2.36. The van der Waals surface area contributed by atoms with Gasteiger partial charge in [-0.05, 0) is 39.3 Å². The van der Waals surface area contributed by atoms with E-state index in [9.17, 15) is 0 Å². The van der Waals surface area contributed by atoms with Gasteiger partial charge in [0.2, 0.25) is 0 Å². The van der Waals surface area contributed by atoms with E-state index in [0.29, 0.717) is 0 Å². The number of ether oxygens (including phenoxy) is 1. The summed E-state index contributed by atoms with van der Waals surface area (Å²) in [5, 5.41) is 0. The number of unbranched alkanes of at least 4 members (excludes halogenated alkanes) is 1. The Bertz CT molecular complexity index is 188. The normalized spacial score (nSPS) is 20.5. The van der Waals surface area contributed by atoms with Gasteiger partial charge in [-0.25, -0.2) is 0 Å². The van der Waals surface area contributed by atoms with Gasteiger partial charge in [0.15, 0.2) is 0 Å². The van der Waals surface area contributed by atoms with Crippen molar-refractivity contribution in [1.29, 1.82) is 0 Å². The molecule has 1 fully saturated rings. The van der Waals surface area contributed by atoms with Crippen LogP contribution >= 0.6 is 0 Å². The summed E-state index contributed by atoms with van der Waals surface area (Å²) < 4.78 is 5.33. The highest BCUT2D eigenvalue weighted by Gasteiger charge is 2.28. The summed E-state index contributed by atoms with van der Waals surface area (Å²) in [6.07, 6.45) is 6.20. The van der Waals surface area contributed by atoms with E-state index < -0.39 is 0 Å². The summed E-state index contributed by atoms with van der Waals surface area (Å²) >= 11 is 0. The average molecular weight is 212 g/mol. The van der Waals surface area contributed by atoms with Gasteiger partial charge in [-0.2, -0.15) is 0 Å². The molecule has 0 aliphatic carbocycles. The molecule has 0 aromatic rings. The highest BCUT2D eigenvalue weighted by Crippen LogP contribution is 2.18. The summed E-state index contributed by atoms with van der Waals surface area (Å²) in [5.74, 6) is 0. The Morgan fingerprint density at radius 3 is 2.73 bits per heavy atom. The Hall–Kier alpha value is -0.380. The third-order valence-electron chi connectivity index (χ3n) is 3.02. The first-order chi connectivity index (χ1) is 7.16. The second-order valence-electron chi connectivity index (χ2n) is 4.64. The largest absolute Gasteiger partial charge is 0.381 e. The third kappa shape index (κ3) is 4.78.